The minimum atomic E-state index is 0.539. The minimum absolute atomic E-state index is 0.539. The van der Waals surface area contributed by atoms with Crippen LogP contribution in [0.1, 0.15) is 26.0 Å². The molecule has 3 heteroatoms. The lowest BCUT2D eigenvalue weighted by atomic mass is 10.1. The third-order valence-electron chi connectivity index (χ3n) is 3.27. The normalized spacial score (nSPS) is 22.5. The van der Waals surface area contributed by atoms with Crippen molar-refractivity contribution in [1.82, 2.24) is 4.98 Å². The fourth-order valence-corrected chi connectivity index (χ4v) is 2.02. The van der Waals surface area contributed by atoms with E-state index in [0.29, 0.717) is 5.41 Å². The lowest BCUT2D eigenvalue weighted by Gasteiger charge is -2.08. The van der Waals surface area contributed by atoms with E-state index in [0.717, 1.165) is 28.4 Å². The fraction of sp³-hybridized carbons (Fsp3) is 0.583. The zero-order valence-electron chi connectivity index (χ0n) is 9.47. The Labute approximate surface area is 99.6 Å². The van der Waals surface area contributed by atoms with E-state index in [4.69, 9.17) is 0 Å². The van der Waals surface area contributed by atoms with Gasteiger partial charge in [0.15, 0.2) is 0 Å². The average Bonchev–Trinajstić information content (AvgIpc) is 2.77. The van der Waals surface area contributed by atoms with Crippen molar-refractivity contribution in [2.45, 2.75) is 27.2 Å². The van der Waals surface area contributed by atoms with Crippen LogP contribution in [0.2, 0.25) is 0 Å². The summed E-state index contributed by atoms with van der Waals surface area (Å²) in [6, 6.07) is 4.06. The number of rotatable bonds is 3. The maximum Gasteiger partial charge on any atom is 0.126 e. The van der Waals surface area contributed by atoms with Gasteiger partial charge < -0.3 is 5.32 Å². The molecule has 0 aliphatic heterocycles. The van der Waals surface area contributed by atoms with Crippen LogP contribution in [0.3, 0.4) is 0 Å². The number of nitrogens with one attached hydrogen (secondary N) is 1. The molecule has 0 amide bonds. The predicted octanol–water partition coefficient (Wildman–Crippen LogP) is 3.61. The van der Waals surface area contributed by atoms with Gasteiger partial charge in [0.05, 0.1) is 5.69 Å². The van der Waals surface area contributed by atoms with E-state index in [9.17, 15) is 0 Å². The lowest BCUT2D eigenvalue weighted by molar-refractivity contribution is 0.573. The molecule has 0 spiro atoms. The summed E-state index contributed by atoms with van der Waals surface area (Å²) in [5.74, 6) is 1.79. The Balaban J connectivity index is 1.92. The van der Waals surface area contributed by atoms with Crippen molar-refractivity contribution in [3.63, 3.8) is 0 Å². The summed E-state index contributed by atoms with van der Waals surface area (Å²) in [6.45, 7) is 7.69. The van der Waals surface area contributed by atoms with E-state index in [1.165, 1.54) is 6.42 Å². The average molecular weight is 269 g/mol. The topological polar surface area (TPSA) is 24.9 Å². The Kier molecular flexibility index (Phi) is 2.75. The number of aryl methyl sites for hydroxylation is 1. The van der Waals surface area contributed by atoms with Crippen molar-refractivity contribution in [2.75, 3.05) is 11.9 Å². The molecule has 1 aromatic rings. The van der Waals surface area contributed by atoms with E-state index >= 15 is 0 Å². The fourth-order valence-electron chi connectivity index (χ4n) is 1.79. The smallest absolute Gasteiger partial charge is 0.126 e. The Morgan fingerprint density at radius 1 is 1.53 bits per heavy atom. The SMILES string of the molecule is Cc1nc(NCC2CC2(C)C)ccc1Br. The number of aromatic nitrogens is 1. The molecule has 1 aromatic heterocycles. The van der Waals surface area contributed by atoms with E-state index in [2.05, 4.69) is 40.1 Å². The van der Waals surface area contributed by atoms with Gasteiger partial charge >= 0.3 is 0 Å². The maximum atomic E-state index is 4.46. The molecule has 1 atom stereocenters. The Morgan fingerprint density at radius 2 is 2.20 bits per heavy atom. The van der Waals surface area contributed by atoms with Crippen LogP contribution in [0.15, 0.2) is 16.6 Å². The molecule has 0 radical (unpaired) electrons. The van der Waals surface area contributed by atoms with Gasteiger partial charge in [0.2, 0.25) is 0 Å². The van der Waals surface area contributed by atoms with Gasteiger partial charge in [0, 0.05) is 11.0 Å². The zero-order valence-corrected chi connectivity index (χ0v) is 11.1. The highest BCUT2D eigenvalue weighted by molar-refractivity contribution is 9.10. The monoisotopic (exact) mass is 268 g/mol. The highest BCUT2D eigenvalue weighted by Gasteiger charge is 2.44. The summed E-state index contributed by atoms with van der Waals surface area (Å²) in [6.07, 6.45) is 1.33. The van der Waals surface area contributed by atoms with Gasteiger partial charge in [-0.15, -0.1) is 0 Å². The van der Waals surface area contributed by atoms with Crippen molar-refractivity contribution < 1.29 is 0 Å². The number of pyridine rings is 1. The first-order chi connectivity index (χ1) is 6.99. The largest absolute Gasteiger partial charge is 0.370 e. The number of hydrogen-bond donors (Lipinski definition) is 1. The van der Waals surface area contributed by atoms with Crippen LogP contribution in [-0.4, -0.2) is 11.5 Å². The molecule has 1 fully saturated rings. The van der Waals surface area contributed by atoms with Crippen LogP contribution in [0.4, 0.5) is 5.82 Å². The van der Waals surface area contributed by atoms with Crippen molar-refractivity contribution in [3.8, 4) is 0 Å². The first-order valence-electron chi connectivity index (χ1n) is 5.36. The van der Waals surface area contributed by atoms with E-state index in [1.54, 1.807) is 0 Å². The van der Waals surface area contributed by atoms with E-state index in [1.807, 2.05) is 19.1 Å². The minimum Gasteiger partial charge on any atom is -0.370 e. The molecule has 1 aliphatic carbocycles. The van der Waals surface area contributed by atoms with Gasteiger partial charge in [-0.25, -0.2) is 4.98 Å². The molecule has 15 heavy (non-hydrogen) atoms. The molecule has 1 saturated carbocycles. The lowest BCUT2D eigenvalue weighted by Crippen LogP contribution is -2.08. The van der Waals surface area contributed by atoms with Gasteiger partial charge in [-0.1, -0.05) is 13.8 Å². The highest BCUT2D eigenvalue weighted by Crippen LogP contribution is 2.51. The van der Waals surface area contributed by atoms with Crippen LogP contribution in [0.25, 0.3) is 0 Å². The molecule has 0 aromatic carbocycles. The number of anilines is 1. The summed E-state index contributed by atoms with van der Waals surface area (Å²) in [5.41, 5.74) is 1.58. The molecule has 1 heterocycles. The summed E-state index contributed by atoms with van der Waals surface area (Å²) in [5, 5.41) is 3.40. The molecular weight excluding hydrogens is 252 g/mol. The number of nitrogens with zero attached hydrogens (tertiary/aromatic N) is 1. The third-order valence-corrected chi connectivity index (χ3v) is 4.11. The molecule has 1 N–H and O–H groups in total. The molecule has 2 nitrogen and oxygen atoms in total. The standard InChI is InChI=1S/C12H17BrN2/c1-8-10(13)4-5-11(15-8)14-7-9-6-12(9,2)3/h4-5,9H,6-7H2,1-3H3,(H,14,15). The third kappa shape index (κ3) is 2.51. The van der Waals surface area contributed by atoms with Crippen LogP contribution < -0.4 is 5.32 Å². The van der Waals surface area contributed by atoms with Gasteiger partial charge in [0.1, 0.15) is 5.82 Å². The van der Waals surface area contributed by atoms with Crippen molar-refractivity contribution in [3.05, 3.63) is 22.3 Å². The molecule has 82 valence electrons. The first kappa shape index (κ1) is 10.9. The van der Waals surface area contributed by atoms with Crippen molar-refractivity contribution in [2.24, 2.45) is 11.3 Å². The van der Waals surface area contributed by atoms with Crippen LogP contribution >= 0.6 is 15.9 Å². The second-order valence-corrected chi connectivity index (χ2v) is 5.89. The Hall–Kier alpha value is -0.570. The van der Waals surface area contributed by atoms with Crippen LogP contribution in [0, 0.1) is 18.3 Å². The Morgan fingerprint density at radius 3 is 2.73 bits per heavy atom. The molecule has 1 aliphatic rings. The molecule has 2 rings (SSSR count). The summed E-state index contributed by atoms with van der Waals surface area (Å²) >= 11 is 3.45. The van der Waals surface area contributed by atoms with Crippen molar-refractivity contribution >= 4 is 21.7 Å². The number of hydrogen-bond acceptors (Lipinski definition) is 2. The quantitative estimate of drug-likeness (QED) is 0.906. The van der Waals surface area contributed by atoms with Gasteiger partial charge in [0.25, 0.3) is 0 Å². The molecule has 0 saturated heterocycles. The molecule has 1 unspecified atom stereocenters. The second kappa shape index (κ2) is 3.78. The molecule has 0 bridgehead atoms. The maximum absolute atomic E-state index is 4.46. The van der Waals surface area contributed by atoms with Gasteiger partial charge in [-0.3, -0.25) is 0 Å². The summed E-state index contributed by atoms with van der Waals surface area (Å²) in [4.78, 5) is 4.46. The van der Waals surface area contributed by atoms with Gasteiger partial charge in [-0.05, 0) is 52.7 Å². The summed E-state index contributed by atoms with van der Waals surface area (Å²) < 4.78 is 1.07. The highest BCUT2D eigenvalue weighted by atomic mass is 79.9. The van der Waals surface area contributed by atoms with E-state index < -0.39 is 0 Å². The molecular formula is C12H17BrN2. The van der Waals surface area contributed by atoms with Crippen molar-refractivity contribution in [1.29, 1.82) is 0 Å². The summed E-state index contributed by atoms with van der Waals surface area (Å²) in [7, 11) is 0. The van der Waals surface area contributed by atoms with Crippen LogP contribution in [-0.2, 0) is 0 Å². The Bertz CT molecular complexity index is 374. The number of halogens is 1. The first-order valence-corrected chi connectivity index (χ1v) is 6.15. The zero-order chi connectivity index (χ0) is 11.1. The second-order valence-electron chi connectivity index (χ2n) is 5.03. The van der Waals surface area contributed by atoms with E-state index in [-0.39, 0.29) is 0 Å². The predicted molar refractivity (Wildman–Crippen MR) is 67.1 cm³/mol. The van der Waals surface area contributed by atoms with Crippen LogP contribution in [0.5, 0.6) is 0 Å². The van der Waals surface area contributed by atoms with Gasteiger partial charge in [-0.2, -0.15) is 0 Å².